The Morgan fingerprint density at radius 3 is 2.72 bits per heavy atom. The highest BCUT2D eigenvalue weighted by molar-refractivity contribution is 6.04. The maximum atomic E-state index is 13.2. The van der Waals surface area contributed by atoms with Crippen molar-refractivity contribution in [2.45, 2.75) is 25.4 Å². The van der Waals surface area contributed by atoms with E-state index in [2.05, 4.69) is 4.98 Å². The number of carbonyl (C=O) groups excluding carboxylic acids is 1. The molecule has 0 aliphatic carbocycles. The second kappa shape index (κ2) is 8.96. The number of ketones is 1. The van der Waals surface area contributed by atoms with Crippen molar-refractivity contribution in [3.8, 4) is 11.4 Å². The van der Waals surface area contributed by atoms with Crippen molar-refractivity contribution in [1.29, 1.82) is 0 Å². The van der Waals surface area contributed by atoms with E-state index in [1.165, 1.54) is 18.2 Å². The SMILES string of the molecule is COc1cc(C(=O)C=CN2CCCC(O)(c3ccc(F)cc3)C2)ccc1-n1cnc(C)c1. The molecule has 0 spiro atoms. The molecule has 2 heterocycles. The standard InChI is InChI=1S/C25H26FN3O3/c1-18-15-29(17-27-18)22-9-4-19(14-24(22)32-2)23(30)10-13-28-12-3-11-25(31,16-28)20-5-7-21(26)8-6-20/h4-10,13-15,17,31H,3,11-12,16H2,1-2H3. The van der Waals surface area contributed by atoms with Crippen molar-refractivity contribution in [2.75, 3.05) is 20.2 Å². The lowest BCUT2D eigenvalue weighted by Gasteiger charge is -2.39. The summed E-state index contributed by atoms with van der Waals surface area (Å²) in [5, 5.41) is 11.1. The van der Waals surface area contributed by atoms with Gasteiger partial charge in [-0.25, -0.2) is 9.37 Å². The first kappa shape index (κ1) is 21.8. The Morgan fingerprint density at radius 1 is 1.25 bits per heavy atom. The number of likely N-dealkylation sites (tertiary alicyclic amines) is 1. The monoisotopic (exact) mass is 435 g/mol. The van der Waals surface area contributed by atoms with Crippen molar-refractivity contribution in [1.82, 2.24) is 14.5 Å². The number of ether oxygens (including phenoxy) is 1. The fourth-order valence-corrected chi connectivity index (χ4v) is 4.06. The molecule has 32 heavy (non-hydrogen) atoms. The third-order valence-corrected chi connectivity index (χ3v) is 5.77. The Morgan fingerprint density at radius 2 is 2.03 bits per heavy atom. The van der Waals surface area contributed by atoms with Crippen LogP contribution in [0.3, 0.4) is 0 Å². The van der Waals surface area contributed by atoms with Crippen LogP contribution in [0.5, 0.6) is 5.75 Å². The van der Waals surface area contributed by atoms with Gasteiger partial charge < -0.3 is 19.3 Å². The first-order valence-electron chi connectivity index (χ1n) is 10.5. The number of aliphatic hydroxyl groups is 1. The summed E-state index contributed by atoms with van der Waals surface area (Å²) in [5.74, 6) is 0.0815. The zero-order valence-electron chi connectivity index (χ0n) is 18.2. The van der Waals surface area contributed by atoms with E-state index in [1.807, 2.05) is 28.7 Å². The molecule has 0 radical (unpaired) electrons. The molecule has 1 aromatic heterocycles. The van der Waals surface area contributed by atoms with Gasteiger partial charge in [0.2, 0.25) is 0 Å². The zero-order valence-corrected chi connectivity index (χ0v) is 18.2. The summed E-state index contributed by atoms with van der Waals surface area (Å²) in [4.78, 5) is 18.9. The number of hydrogen-bond donors (Lipinski definition) is 1. The van der Waals surface area contributed by atoms with E-state index in [4.69, 9.17) is 4.74 Å². The van der Waals surface area contributed by atoms with Crippen LogP contribution in [0.4, 0.5) is 4.39 Å². The van der Waals surface area contributed by atoms with Crippen LogP contribution in [0.2, 0.25) is 0 Å². The van der Waals surface area contributed by atoms with Gasteiger partial charge in [-0.05, 0) is 55.7 Å². The fraction of sp³-hybridized carbons (Fsp3) is 0.280. The van der Waals surface area contributed by atoms with E-state index in [-0.39, 0.29) is 11.6 Å². The summed E-state index contributed by atoms with van der Waals surface area (Å²) in [6.45, 7) is 2.98. The quantitative estimate of drug-likeness (QED) is 0.468. The molecule has 1 fully saturated rings. The molecule has 3 aromatic rings. The molecule has 7 heteroatoms. The number of benzene rings is 2. The normalized spacial score (nSPS) is 18.8. The summed E-state index contributed by atoms with van der Waals surface area (Å²) in [6, 6.07) is 11.2. The lowest BCUT2D eigenvalue weighted by atomic mass is 9.86. The van der Waals surface area contributed by atoms with Crippen LogP contribution in [-0.4, -0.2) is 45.5 Å². The number of halogens is 1. The van der Waals surface area contributed by atoms with Gasteiger partial charge in [-0.15, -0.1) is 0 Å². The minimum atomic E-state index is -1.08. The average molecular weight is 435 g/mol. The number of imidazole rings is 1. The minimum Gasteiger partial charge on any atom is -0.495 e. The van der Waals surface area contributed by atoms with Gasteiger partial charge in [-0.1, -0.05) is 12.1 Å². The van der Waals surface area contributed by atoms with E-state index < -0.39 is 5.60 Å². The van der Waals surface area contributed by atoms with Crippen LogP contribution in [-0.2, 0) is 5.60 Å². The lowest BCUT2D eigenvalue weighted by Crippen LogP contribution is -2.43. The van der Waals surface area contributed by atoms with Gasteiger partial charge in [0.25, 0.3) is 0 Å². The summed E-state index contributed by atoms with van der Waals surface area (Å²) in [5.41, 5.74) is 1.79. The van der Waals surface area contributed by atoms with Gasteiger partial charge in [0.15, 0.2) is 5.78 Å². The number of methoxy groups -OCH3 is 1. The number of β-amino-alcohol motifs (C(OH)–C–C–N with tert-alkyl or cyclic N) is 1. The summed E-state index contributed by atoms with van der Waals surface area (Å²) < 4.78 is 20.6. The van der Waals surface area contributed by atoms with E-state index in [0.29, 0.717) is 29.8 Å². The van der Waals surface area contributed by atoms with E-state index in [1.54, 1.807) is 43.9 Å². The summed E-state index contributed by atoms with van der Waals surface area (Å²) in [6.07, 6.45) is 8.16. The number of piperidine rings is 1. The first-order valence-corrected chi connectivity index (χ1v) is 10.5. The topological polar surface area (TPSA) is 67.6 Å². The van der Waals surface area contributed by atoms with Crippen molar-refractivity contribution < 1.29 is 19.0 Å². The molecule has 1 aliphatic rings. The number of carbonyl (C=O) groups is 1. The number of allylic oxidation sites excluding steroid dienone is 1. The van der Waals surface area contributed by atoms with Gasteiger partial charge in [0.1, 0.15) is 17.2 Å². The van der Waals surface area contributed by atoms with Crippen molar-refractivity contribution >= 4 is 5.78 Å². The Labute approximate surface area is 186 Å². The molecule has 1 N–H and O–H groups in total. The number of rotatable bonds is 6. The zero-order chi connectivity index (χ0) is 22.7. The van der Waals surface area contributed by atoms with Crippen LogP contribution in [0, 0.1) is 12.7 Å². The van der Waals surface area contributed by atoms with Gasteiger partial charge in [-0.2, -0.15) is 0 Å². The first-order chi connectivity index (χ1) is 15.4. The largest absolute Gasteiger partial charge is 0.495 e. The van der Waals surface area contributed by atoms with Crippen molar-refractivity contribution in [3.05, 3.63) is 89.9 Å². The molecular formula is C25H26FN3O3. The molecule has 0 saturated carbocycles. The number of aryl methyl sites for hydroxylation is 1. The molecule has 0 bridgehead atoms. The summed E-state index contributed by atoms with van der Waals surface area (Å²) in [7, 11) is 1.57. The molecule has 1 aliphatic heterocycles. The average Bonchev–Trinajstić information content (AvgIpc) is 3.23. The summed E-state index contributed by atoms with van der Waals surface area (Å²) >= 11 is 0. The van der Waals surface area contributed by atoms with Crippen LogP contribution in [0.1, 0.15) is 34.5 Å². The minimum absolute atomic E-state index is 0.160. The second-order valence-electron chi connectivity index (χ2n) is 8.10. The van der Waals surface area contributed by atoms with Crippen LogP contribution < -0.4 is 4.74 Å². The van der Waals surface area contributed by atoms with E-state index >= 15 is 0 Å². The highest BCUT2D eigenvalue weighted by Crippen LogP contribution is 2.32. The van der Waals surface area contributed by atoms with Gasteiger partial charge in [0.05, 0.1) is 31.4 Å². The maximum absolute atomic E-state index is 13.2. The molecule has 1 unspecified atom stereocenters. The smallest absolute Gasteiger partial charge is 0.187 e. The Kier molecular flexibility index (Phi) is 6.10. The molecule has 1 atom stereocenters. The molecular weight excluding hydrogens is 409 g/mol. The number of aromatic nitrogens is 2. The Balaban J connectivity index is 1.48. The molecule has 6 nitrogen and oxygen atoms in total. The van der Waals surface area contributed by atoms with Crippen molar-refractivity contribution in [2.24, 2.45) is 0 Å². The number of hydrogen-bond acceptors (Lipinski definition) is 5. The number of nitrogens with zero attached hydrogens (tertiary/aromatic N) is 3. The van der Waals surface area contributed by atoms with Gasteiger partial charge >= 0.3 is 0 Å². The van der Waals surface area contributed by atoms with Gasteiger partial charge in [0, 0.05) is 30.6 Å². The molecule has 166 valence electrons. The molecule has 4 rings (SSSR count). The molecule has 0 amide bonds. The lowest BCUT2D eigenvalue weighted by molar-refractivity contribution is -0.0218. The van der Waals surface area contributed by atoms with Crippen LogP contribution in [0.25, 0.3) is 5.69 Å². The van der Waals surface area contributed by atoms with Crippen molar-refractivity contribution in [3.63, 3.8) is 0 Å². The Hall–Kier alpha value is -3.45. The van der Waals surface area contributed by atoms with Crippen LogP contribution >= 0.6 is 0 Å². The van der Waals surface area contributed by atoms with E-state index in [0.717, 1.165) is 24.3 Å². The van der Waals surface area contributed by atoms with Crippen LogP contribution in [0.15, 0.2) is 67.3 Å². The highest BCUT2D eigenvalue weighted by Gasteiger charge is 2.34. The fourth-order valence-electron chi connectivity index (χ4n) is 4.06. The van der Waals surface area contributed by atoms with Gasteiger partial charge in [-0.3, -0.25) is 4.79 Å². The predicted molar refractivity (Wildman–Crippen MR) is 119 cm³/mol. The molecule has 2 aromatic carbocycles. The third-order valence-electron chi connectivity index (χ3n) is 5.77. The second-order valence-corrected chi connectivity index (χ2v) is 8.10. The molecule has 1 saturated heterocycles. The Bertz CT molecular complexity index is 1140. The van der Waals surface area contributed by atoms with E-state index in [9.17, 15) is 14.3 Å². The maximum Gasteiger partial charge on any atom is 0.187 e. The third kappa shape index (κ3) is 4.57. The predicted octanol–water partition coefficient (Wildman–Crippen LogP) is 4.01. The highest BCUT2D eigenvalue weighted by atomic mass is 19.1.